The van der Waals surface area contributed by atoms with Crippen molar-refractivity contribution >= 4 is 17.7 Å². The number of benzene rings is 2. The molecule has 3 fully saturated rings. The van der Waals surface area contributed by atoms with Crippen LogP contribution in [0.1, 0.15) is 54.1 Å². The van der Waals surface area contributed by atoms with Crippen molar-refractivity contribution < 1.29 is 28.6 Å². The molecule has 4 aliphatic carbocycles. The van der Waals surface area contributed by atoms with Crippen molar-refractivity contribution in [2.75, 3.05) is 0 Å². The van der Waals surface area contributed by atoms with E-state index < -0.39 is 18.0 Å². The van der Waals surface area contributed by atoms with Gasteiger partial charge in [-0.05, 0) is 66.7 Å². The van der Waals surface area contributed by atoms with Crippen molar-refractivity contribution in [3.63, 3.8) is 0 Å². The van der Waals surface area contributed by atoms with Crippen molar-refractivity contribution in [2.24, 2.45) is 17.3 Å². The van der Waals surface area contributed by atoms with Crippen LogP contribution in [0.2, 0.25) is 0 Å². The zero-order valence-corrected chi connectivity index (χ0v) is 17.7. The minimum Gasteiger partial charge on any atom is -0.477 e. The third kappa shape index (κ3) is 2.13. The van der Waals surface area contributed by atoms with E-state index in [1.54, 1.807) is 30.3 Å². The van der Waals surface area contributed by atoms with E-state index in [0.29, 0.717) is 35.2 Å². The van der Waals surface area contributed by atoms with Crippen molar-refractivity contribution in [3.8, 4) is 17.2 Å². The fourth-order valence-electron chi connectivity index (χ4n) is 7.52. The number of fused-ring (bicyclic) bond motifs is 1. The number of rotatable bonds is 3. The zero-order valence-electron chi connectivity index (χ0n) is 17.7. The summed E-state index contributed by atoms with van der Waals surface area (Å²) in [5, 5.41) is 0. The third-order valence-corrected chi connectivity index (χ3v) is 8.52. The summed E-state index contributed by atoms with van der Waals surface area (Å²) in [5.41, 5.74) is 2.60. The number of para-hydroxylation sites is 1. The Morgan fingerprint density at radius 2 is 1.91 bits per heavy atom. The number of carbonyl (C=O) groups is 3. The monoisotopic (exact) mass is 430 g/mol. The molecule has 162 valence electrons. The van der Waals surface area contributed by atoms with Gasteiger partial charge in [-0.15, -0.1) is 0 Å². The molecule has 3 saturated carbocycles. The second-order valence-electron chi connectivity index (χ2n) is 10.1. The number of esters is 2. The third-order valence-electron chi connectivity index (χ3n) is 8.52. The highest BCUT2D eigenvalue weighted by Gasteiger charge is 2.78. The predicted octanol–water partition coefficient (Wildman–Crippen LogP) is 3.78. The summed E-state index contributed by atoms with van der Waals surface area (Å²) in [6.07, 6.45) is 4.33. The lowest BCUT2D eigenvalue weighted by Gasteiger charge is -2.44. The minimum atomic E-state index is -0.626. The van der Waals surface area contributed by atoms with Crippen LogP contribution in [0, 0.1) is 17.3 Å². The Kier molecular flexibility index (Phi) is 3.34. The molecule has 1 aliphatic heterocycles. The molecule has 2 aromatic carbocycles. The average molecular weight is 430 g/mol. The van der Waals surface area contributed by atoms with Crippen LogP contribution in [0.4, 0.5) is 0 Å². The van der Waals surface area contributed by atoms with Crippen LogP contribution in [0.15, 0.2) is 36.4 Å². The number of carbonyl (C=O) groups excluding carboxylic acids is 3. The summed E-state index contributed by atoms with van der Waals surface area (Å²) < 4.78 is 17.3. The van der Waals surface area contributed by atoms with Crippen LogP contribution < -0.4 is 14.2 Å². The summed E-state index contributed by atoms with van der Waals surface area (Å²) in [6.45, 7) is 1.29. The molecule has 7 rings (SSSR count). The van der Waals surface area contributed by atoms with Crippen LogP contribution >= 0.6 is 0 Å². The maximum Gasteiger partial charge on any atom is 0.347 e. The molecule has 5 atom stereocenters. The molecule has 1 unspecified atom stereocenters. The minimum absolute atomic E-state index is 0.153. The Labute approximate surface area is 184 Å². The van der Waals surface area contributed by atoms with Gasteiger partial charge < -0.3 is 14.2 Å². The lowest BCUT2D eigenvalue weighted by Crippen LogP contribution is -2.52. The quantitative estimate of drug-likeness (QED) is 0.545. The molecule has 0 radical (unpaired) electrons. The van der Waals surface area contributed by atoms with Crippen molar-refractivity contribution in [1.29, 1.82) is 0 Å². The summed E-state index contributed by atoms with van der Waals surface area (Å²) in [7, 11) is 0. The Bertz CT molecular complexity index is 1250. The Morgan fingerprint density at radius 1 is 1.06 bits per heavy atom. The highest BCUT2D eigenvalue weighted by Crippen LogP contribution is 2.81. The molecular formula is C26H22O6. The summed E-state index contributed by atoms with van der Waals surface area (Å²) in [4.78, 5) is 37.4. The van der Waals surface area contributed by atoms with Gasteiger partial charge in [-0.1, -0.05) is 18.2 Å². The van der Waals surface area contributed by atoms with Gasteiger partial charge >= 0.3 is 11.9 Å². The van der Waals surface area contributed by atoms with Gasteiger partial charge in [0.05, 0.1) is 0 Å². The SMILES string of the molecule is CC(=O)Oc1ccccc1C(=O)Oc1ccc2c3c1O[C@H]1C(=O)CC[C@H]4[C@@H]5CC5(C2)C[C@]314. The summed E-state index contributed by atoms with van der Waals surface area (Å²) in [6, 6.07) is 10.3. The van der Waals surface area contributed by atoms with Crippen LogP contribution in [0.5, 0.6) is 17.2 Å². The van der Waals surface area contributed by atoms with Gasteiger partial charge in [0.2, 0.25) is 0 Å². The molecule has 1 heterocycles. The van der Waals surface area contributed by atoms with E-state index >= 15 is 0 Å². The van der Waals surface area contributed by atoms with Gasteiger partial charge in [-0.25, -0.2) is 4.79 Å². The summed E-state index contributed by atoms with van der Waals surface area (Å²) in [5.74, 6) is 1.23. The normalized spacial score (nSPS) is 34.3. The molecule has 2 spiro atoms. The zero-order chi connectivity index (χ0) is 21.8. The van der Waals surface area contributed by atoms with Gasteiger partial charge in [-0.2, -0.15) is 0 Å². The number of ketones is 1. The highest BCUT2D eigenvalue weighted by molar-refractivity contribution is 5.95. The van der Waals surface area contributed by atoms with Gasteiger partial charge in [0.25, 0.3) is 0 Å². The van der Waals surface area contributed by atoms with Crippen molar-refractivity contribution in [2.45, 2.75) is 50.5 Å². The average Bonchev–Trinajstić information content (AvgIpc) is 3.20. The molecule has 2 aromatic rings. The number of Topliss-reactive ketones (excluding diaryl/α,β-unsaturated/α-hetero) is 1. The van der Waals surface area contributed by atoms with Gasteiger partial charge in [0.15, 0.2) is 23.4 Å². The second kappa shape index (κ2) is 5.80. The van der Waals surface area contributed by atoms with Gasteiger partial charge in [0, 0.05) is 24.3 Å². The lowest BCUT2D eigenvalue weighted by molar-refractivity contribution is -0.133. The maximum absolute atomic E-state index is 13.0. The van der Waals surface area contributed by atoms with E-state index in [9.17, 15) is 14.4 Å². The number of ether oxygens (including phenoxy) is 3. The predicted molar refractivity (Wildman–Crippen MR) is 112 cm³/mol. The Morgan fingerprint density at radius 3 is 2.75 bits per heavy atom. The largest absolute Gasteiger partial charge is 0.477 e. The first-order valence-electron chi connectivity index (χ1n) is 11.3. The smallest absolute Gasteiger partial charge is 0.347 e. The molecule has 2 bridgehead atoms. The molecule has 0 N–H and O–H groups in total. The van der Waals surface area contributed by atoms with Crippen LogP contribution in [0.3, 0.4) is 0 Å². The topological polar surface area (TPSA) is 78.9 Å². The summed E-state index contributed by atoms with van der Waals surface area (Å²) >= 11 is 0. The van der Waals surface area contributed by atoms with E-state index in [1.807, 2.05) is 6.07 Å². The van der Waals surface area contributed by atoms with Gasteiger partial charge in [0.1, 0.15) is 11.3 Å². The van der Waals surface area contributed by atoms with Crippen molar-refractivity contribution in [3.05, 3.63) is 53.1 Å². The van der Waals surface area contributed by atoms with Gasteiger partial charge in [-0.3, -0.25) is 9.59 Å². The molecule has 0 aromatic heterocycles. The molecule has 6 nitrogen and oxygen atoms in total. The molecule has 32 heavy (non-hydrogen) atoms. The van der Waals surface area contributed by atoms with E-state index in [0.717, 1.165) is 24.8 Å². The first kappa shape index (κ1) is 18.4. The fourth-order valence-corrected chi connectivity index (χ4v) is 7.52. The standard InChI is InChI=1S/C26H22O6/c1-13(27)30-19-5-3-2-4-15(19)24(29)31-20-9-6-14-10-25-11-17(25)16-7-8-18(28)23-26(16,12-25)21(14)22(20)32-23/h2-6,9,16-17,23H,7-8,10-12H2,1H3/t16-,17-,23-,25?,26-/m0/s1. The number of hydrogen-bond acceptors (Lipinski definition) is 6. The Hall–Kier alpha value is -3.15. The molecule has 0 amide bonds. The highest BCUT2D eigenvalue weighted by atomic mass is 16.6. The van der Waals surface area contributed by atoms with E-state index in [2.05, 4.69) is 0 Å². The van der Waals surface area contributed by atoms with Crippen LogP contribution in [-0.2, 0) is 21.4 Å². The van der Waals surface area contributed by atoms with Crippen LogP contribution in [0.25, 0.3) is 0 Å². The second-order valence-corrected chi connectivity index (χ2v) is 10.1. The lowest BCUT2D eigenvalue weighted by atomic mass is 9.58. The first-order chi connectivity index (χ1) is 15.4. The van der Waals surface area contributed by atoms with E-state index in [4.69, 9.17) is 14.2 Å². The molecule has 6 heteroatoms. The Balaban J connectivity index is 1.31. The molecular weight excluding hydrogens is 408 g/mol. The van der Waals surface area contributed by atoms with Crippen molar-refractivity contribution in [1.82, 2.24) is 0 Å². The van der Waals surface area contributed by atoms with Crippen LogP contribution in [-0.4, -0.2) is 23.8 Å². The number of hydrogen-bond donors (Lipinski definition) is 0. The van der Waals surface area contributed by atoms with E-state index in [-0.39, 0.29) is 22.5 Å². The fraction of sp³-hybridized carbons (Fsp3) is 0.423. The van der Waals surface area contributed by atoms with E-state index in [1.165, 1.54) is 18.9 Å². The molecule has 5 aliphatic rings. The maximum atomic E-state index is 13.0. The molecule has 0 saturated heterocycles. The first-order valence-corrected chi connectivity index (χ1v) is 11.3.